The van der Waals surface area contributed by atoms with Gasteiger partial charge in [-0.1, -0.05) is 13.8 Å². The zero-order valence-electron chi connectivity index (χ0n) is 38.5. The van der Waals surface area contributed by atoms with Crippen molar-refractivity contribution in [2.75, 3.05) is 54.1 Å². The summed E-state index contributed by atoms with van der Waals surface area (Å²) in [5.74, 6) is 1.19. The van der Waals surface area contributed by atoms with Crippen LogP contribution >= 0.6 is 0 Å². The number of ether oxygens (including phenoxy) is 3. The first-order valence-electron chi connectivity index (χ1n) is 21.8. The van der Waals surface area contributed by atoms with E-state index >= 15 is 4.39 Å². The van der Waals surface area contributed by atoms with Gasteiger partial charge in [0.15, 0.2) is 0 Å². The first kappa shape index (κ1) is 44.9. The normalized spacial score (nSPS) is 14.6. The maximum Gasteiger partial charge on any atom is 0.276 e. The monoisotopic (exact) mass is 888 g/mol. The van der Waals surface area contributed by atoms with Crippen LogP contribution in [-0.2, 0) is 33.7 Å². The molecule has 342 valence electrons. The zero-order chi connectivity index (χ0) is 46.3. The third-order valence-corrected chi connectivity index (χ3v) is 12.7. The number of aryl methyl sites for hydroxylation is 2. The maximum absolute atomic E-state index is 15.3. The molecule has 2 N–H and O–H groups in total. The summed E-state index contributed by atoms with van der Waals surface area (Å²) in [7, 11) is 8.15. The van der Waals surface area contributed by atoms with Gasteiger partial charge in [0.1, 0.15) is 39.7 Å². The number of halogens is 1. The van der Waals surface area contributed by atoms with Crippen molar-refractivity contribution in [3.05, 3.63) is 110 Å². The highest BCUT2D eigenvalue weighted by Gasteiger charge is 2.29. The van der Waals surface area contributed by atoms with Gasteiger partial charge in [-0.25, -0.2) is 4.39 Å². The van der Waals surface area contributed by atoms with Crippen molar-refractivity contribution < 1.29 is 23.4 Å². The second-order valence-corrected chi connectivity index (χ2v) is 17.3. The van der Waals surface area contributed by atoms with Gasteiger partial charge < -0.3 is 32.8 Å². The van der Waals surface area contributed by atoms with E-state index in [2.05, 4.69) is 74.6 Å². The van der Waals surface area contributed by atoms with Crippen LogP contribution in [0.3, 0.4) is 0 Å². The Balaban J connectivity index is 0.000000178. The highest BCUT2D eigenvalue weighted by Crippen LogP contribution is 2.39. The van der Waals surface area contributed by atoms with Gasteiger partial charge in [-0.15, -0.1) is 0 Å². The van der Waals surface area contributed by atoms with Crippen LogP contribution in [0.4, 0.5) is 4.39 Å². The molecule has 5 aromatic heterocycles. The number of carbonyl (C=O) groups is 1. The van der Waals surface area contributed by atoms with Gasteiger partial charge in [0, 0.05) is 118 Å². The van der Waals surface area contributed by atoms with Gasteiger partial charge in [0.25, 0.3) is 17.0 Å². The standard InChI is InChI=1S/C26H31N5O3.C22H26FN5O3/c1-16(2)22-7-6-18-13-30(8-9-31(18)22)15-21-23(33-4)10-17(11-24(21)34-5)20-14-29(3)26(32)25-19(20)12-27-28-25;1-13(2)27-5-7-28(8-6-27)21(29)19-17(23)9-14(10-18(19)31-4)16-12-26(3)22(30)20-15(16)11-24-25-20/h6-7,10-12,14,16H,8-9,13,15H2,1-5H3,(H,27,28);9-13H,5-8H2,1-4H3,(H,24,25). The smallest absolute Gasteiger partial charge is 0.276 e. The molecule has 1 amide bonds. The fraction of sp³-hybridized carbons (Fsp3) is 0.396. The number of pyridine rings is 2. The minimum absolute atomic E-state index is 0.0718. The SMILES string of the molecule is COc1cc(-c2cn(C)c(=O)c3[nH]ncc23)cc(F)c1C(=O)N1CCN(C(C)C)CC1.COc1cc(-c2cn(C)c(=O)c3[nH]ncc23)cc(OC)c1CN1CCn2c(ccc2C(C)C)C1. The van der Waals surface area contributed by atoms with Crippen molar-refractivity contribution in [2.45, 2.75) is 59.3 Å². The molecule has 1 saturated heterocycles. The van der Waals surface area contributed by atoms with Crippen LogP contribution in [-0.4, -0.2) is 115 Å². The maximum atomic E-state index is 15.3. The van der Waals surface area contributed by atoms with Gasteiger partial charge in [-0.2, -0.15) is 10.2 Å². The summed E-state index contributed by atoms with van der Waals surface area (Å²) in [4.78, 5) is 44.2. The molecule has 7 aromatic rings. The second kappa shape index (κ2) is 18.4. The van der Waals surface area contributed by atoms with Crippen LogP contribution in [0.15, 0.2) is 70.8 Å². The lowest BCUT2D eigenvalue weighted by Crippen LogP contribution is -2.50. The first-order chi connectivity index (χ1) is 31.2. The summed E-state index contributed by atoms with van der Waals surface area (Å²) < 4.78 is 37.8. The predicted octanol–water partition coefficient (Wildman–Crippen LogP) is 6.13. The lowest BCUT2D eigenvalue weighted by atomic mass is 10.00. The quantitative estimate of drug-likeness (QED) is 0.164. The topological polar surface area (TPSA) is 161 Å². The van der Waals surface area contributed by atoms with E-state index in [0.29, 0.717) is 52.6 Å². The van der Waals surface area contributed by atoms with E-state index in [1.807, 2.05) is 18.3 Å². The molecule has 0 saturated carbocycles. The van der Waals surface area contributed by atoms with E-state index in [1.165, 1.54) is 35.3 Å². The number of amides is 1. The number of H-pyrrole nitrogens is 2. The average molecular weight is 889 g/mol. The van der Waals surface area contributed by atoms with Gasteiger partial charge in [-0.05, 0) is 67.3 Å². The molecule has 0 radical (unpaired) electrons. The highest BCUT2D eigenvalue weighted by molar-refractivity contribution is 6.00. The number of benzene rings is 2. The van der Waals surface area contributed by atoms with E-state index in [4.69, 9.17) is 14.2 Å². The Kier molecular flexibility index (Phi) is 12.7. The Hall–Kier alpha value is -6.72. The molecule has 2 aliphatic heterocycles. The summed E-state index contributed by atoms with van der Waals surface area (Å²) >= 11 is 0. The minimum atomic E-state index is -0.656. The third-order valence-electron chi connectivity index (χ3n) is 12.7. The second-order valence-electron chi connectivity index (χ2n) is 17.3. The summed E-state index contributed by atoms with van der Waals surface area (Å²) in [5, 5.41) is 14.9. The van der Waals surface area contributed by atoms with Crippen LogP contribution in [0.1, 0.15) is 60.9 Å². The molecule has 2 aromatic carbocycles. The van der Waals surface area contributed by atoms with Crippen molar-refractivity contribution in [1.29, 1.82) is 0 Å². The van der Waals surface area contributed by atoms with Crippen molar-refractivity contribution in [3.63, 3.8) is 0 Å². The summed E-state index contributed by atoms with van der Waals surface area (Å²) in [6, 6.07) is 11.9. The van der Waals surface area contributed by atoms with Crippen LogP contribution in [0, 0.1) is 5.82 Å². The number of nitrogens with zero attached hydrogens (tertiary/aromatic N) is 8. The fourth-order valence-electron chi connectivity index (χ4n) is 9.11. The van der Waals surface area contributed by atoms with Crippen LogP contribution < -0.4 is 25.3 Å². The van der Waals surface area contributed by atoms with Crippen molar-refractivity contribution in [1.82, 2.24) is 48.8 Å². The minimum Gasteiger partial charge on any atom is -0.496 e. The number of piperazine rings is 1. The van der Waals surface area contributed by atoms with Crippen LogP contribution in [0.2, 0.25) is 0 Å². The van der Waals surface area contributed by atoms with E-state index in [0.717, 1.165) is 72.8 Å². The number of hydrogen-bond acceptors (Lipinski definition) is 10. The van der Waals surface area contributed by atoms with Crippen LogP contribution in [0.5, 0.6) is 17.2 Å². The molecule has 0 spiro atoms. The molecule has 17 heteroatoms. The first-order valence-corrected chi connectivity index (χ1v) is 21.8. The number of aromatic amines is 2. The average Bonchev–Trinajstić information content (AvgIpc) is 4.10. The Morgan fingerprint density at radius 3 is 1.80 bits per heavy atom. The zero-order valence-corrected chi connectivity index (χ0v) is 38.5. The predicted molar refractivity (Wildman–Crippen MR) is 248 cm³/mol. The Morgan fingerprint density at radius 1 is 0.738 bits per heavy atom. The Morgan fingerprint density at radius 2 is 1.28 bits per heavy atom. The van der Waals surface area contributed by atoms with E-state index < -0.39 is 5.82 Å². The highest BCUT2D eigenvalue weighted by atomic mass is 19.1. The van der Waals surface area contributed by atoms with E-state index in [1.54, 1.807) is 56.2 Å². The van der Waals surface area contributed by atoms with E-state index in [-0.39, 0.29) is 28.3 Å². The molecule has 0 atom stereocenters. The molecule has 0 unspecified atom stereocenters. The van der Waals surface area contributed by atoms with Crippen molar-refractivity contribution in [2.24, 2.45) is 14.1 Å². The lowest BCUT2D eigenvalue weighted by Gasteiger charge is -2.37. The van der Waals surface area contributed by atoms with E-state index in [9.17, 15) is 14.4 Å². The molecule has 65 heavy (non-hydrogen) atoms. The fourth-order valence-corrected chi connectivity index (χ4v) is 9.11. The molecular weight excluding hydrogens is 832 g/mol. The van der Waals surface area contributed by atoms with Gasteiger partial charge in [0.05, 0.1) is 39.3 Å². The van der Waals surface area contributed by atoms with Gasteiger partial charge in [-0.3, -0.25) is 34.4 Å². The molecule has 0 aliphatic carbocycles. The molecule has 2 aliphatic rings. The number of hydrogen-bond donors (Lipinski definition) is 2. The Bertz CT molecular complexity index is 2980. The van der Waals surface area contributed by atoms with Crippen molar-refractivity contribution >= 4 is 27.7 Å². The summed E-state index contributed by atoms with van der Waals surface area (Å²) in [6.07, 6.45) is 6.68. The number of carbonyl (C=O) groups excluding carboxylic acids is 1. The number of methoxy groups -OCH3 is 3. The lowest BCUT2D eigenvalue weighted by molar-refractivity contribution is 0.0588. The summed E-state index contributed by atoms with van der Waals surface area (Å²) in [6.45, 7) is 14.9. The Labute approximate surface area is 376 Å². The number of aromatic nitrogens is 7. The molecule has 9 rings (SSSR count). The molecule has 7 heterocycles. The number of nitrogens with one attached hydrogen (secondary N) is 2. The largest absolute Gasteiger partial charge is 0.496 e. The van der Waals surface area contributed by atoms with Gasteiger partial charge >= 0.3 is 0 Å². The third kappa shape index (κ3) is 8.53. The van der Waals surface area contributed by atoms with Crippen molar-refractivity contribution in [3.8, 4) is 39.5 Å². The number of rotatable bonds is 10. The number of fused-ring (bicyclic) bond motifs is 3. The molecule has 1 fully saturated rings. The molecular formula is C48H57FN10O6. The molecule has 16 nitrogen and oxygen atoms in total. The van der Waals surface area contributed by atoms with Crippen LogP contribution in [0.25, 0.3) is 44.1 Å². The summed E-state index contributed by atoms with van der Waals surface area (Å²) in [5.41, 5.74) is 7.10. The molecule has 0 bridgehead atoms. The van der Waals surface area contributed by atoms with Gasteiger partial charge in [0.2, 0.25) is 0 Å².